The number of rotatable bonds is 4. The number of ether oxygens (including phenoxy) is 5. The normalized spacial score (nSPS) is 38.5. The van der Waals surface area contributed by atoms with E-state index in [-0.39, 0.29) is 5.92 Å². The Morgan fingerprint density at radius 3 is 2.04 bits per heavy atom. The summed E-state index contributed by atoms with van der Waals surface area (Å²) in [6.07, 6.45) is -3.80. The molecule has 1 N–H and O–H groups in total. The lowest BCUT2D eigenvalue weighted by Gasteiger charge is -2.37. The van der Waals surface area contributed by atoms with Gasteiger partial charge in [0.05, 0.1) is 12.0 Å². The van der Waals surface area contributed by atoms with Crippen LogP contribution < -0.4 is 10.4 Å². The minimum atomic E-state index is -1.36. The number of aliphatic carboxylic acids is 1. The van der Waals surface area contributed by atoms with Crippen LogP contribution in [0.25, 0.3) is 0 Å². The van der Waals surface area contributed by atoms with Gasteiger partial charge in [-0.15, -0.1) is 0 Å². The maximum atomic E-state index is 12.8. The van der Waals surface area contributed by atoms with Crippen LogP contribution in [0, 0.1) is 5.92 Å². The zero-order valence-electron chi connectivity index (χ0n) is 15.8. The average Bonchev–Trinajstić information content (AvgIpc) is 2.96. The number of carboxylic acid groups (broad SMARTS) is 1. The molecule has 0 aliphatic carbocycles. The summed E-state index contributed by atoms with van der Waals surface area (Å²) in [5.41, 5.74) is 0. The van der Waals surface area contributed by atoms with Crippen molar-refractivity contribution in [2.45, 2.75) is 89.9 Å². The highest BCUT2D eigenvalue weighted by molar-refractivity contribution is 5.86. The summed E-state index contributed by atoms with van der Waals surface area (Å²) >= 11 is 0. The van der Waals surface area contributed by atoms with Crippen molar-refractivity contribution in [2.75, 3.05) is 0 Å². The lowest BCUT2D eigenvalue weighted by Crippen LogP contribution is -2.62. The average molecular weight is 372 g/mol. The first kappa shape index (κ1) is 19.5. The molecule has 26 heavy (non-hydrogen) atoms. The van der Waals surface area contributed by atoms with Crippen molar-refractivity contribution in [2.24, 2.45) is 5.92 Å². The van der Waals surface area contributed by atoms with Gasteiger partial charge in [-0.2, -0.15) is 0 Å². The molecule has 3 heterocycles. The highest BCUT2D eigenvalue weighted by Gasteiger charge is 2.62. The first-order chi connectivity index (χ1) is 11.9. The molecule has 0 aromatic heterocycles. The van der Waals surface area contributed by atoms with Gasteiger partial charge in [0.2, 0.25) is 0 Å². The molecule has 0 radical (unpaired) electrons. The lowest BCUT2D eigenvalue weighted by atomic mass is 9.97. The van der Waals surface area contributed by atoms with Gasteiger partial charge in [-0.25, -0.2) is 0 Å². The van der Waals surface area contributed by atoms with Gasteiger partial charge < -0.3 is 38.9 Å². The molecule has 1 amide bonds. The van der Waals surface area contributed by atoms with Crippen molar-refractivity contribution in [3.63, 3.8) is 0 Å². The molecule has 9 nitrogen and oxygen atoms in total. The van der Waals surface area contributed by atoms with Gasteiger partial charge >= 0.3 is 0 Å². The summed E-state index contributed by atoms with van der Waals surface area (Å²) in [6, 6.07) is -1.14. The minimum absolute atomic E-state index is 0.349. The Hall–Kier alpha value is -1.26. The zero-order valence-corrected chi connectivity index (χ0v) is 15.8. The van der Waals surface area contributed by atoms with Gasteiger partial charge in [-0.1, -0.05) is 13.8 Å². The summed E-state index contributed by atoms with van der Waals surface area (Å²) in [7, 11) is 0. The van der Waals surface area contributed by atoms with Gasteiger partial charge in [0.25, 0.3) is 5.91 Å². The fraction of sp³-hybridized carbons (Fsp3) is 0.882. The van der Waals surface area contributed by atoms with E-state index in [1.54, 1.807) is 41.5 Å². The largest absolute Gasteiger partial charge is 0.548 e. The van der Waals surface area contributed by atoms with Crippen molar-refractivity contribution >= 4 is 11.9 Å². The van der Waals surface area contributed by atoms with E-state index in [9.17, 15) is 14.7 Å². The second-order valence-corrected chi connectivity index (χ2v) is 8.14. The topological polar surface area (TPSA) is 115 Å². The number of hydrogen-bond acceptors (Lipinski definition) is 8. The predicted octanol–water partition coefficient (Wildman–Crippen LogP) is -0.726. The van der Waals surface area contributed by atoms with Crippen LogP contribution in [0.4, 0.5) is 0 Å². The Labute approximate surface area is 152 Å². The number of fused-ring (bicyclic) bond motifs is 3. The lowest BCUT2D eigenvalue weighted by molar-refractivity contribution is -0.309. The Bertz CT molecular complexity index is 589. The van der Waals surface area contributed by atoms with E-state index in [1.807, 2.05) is 0 Å². The zero-order chi connectivity index (χ0) is 19.4. The number of carbonyl (C=O) groups excluding carboxylic acids is 2. The van der Waals surface area contributed by atoms with Crippen LogP contribution in [-0.4, -0.2) is 60.2 Å². The van der Waals surface area contributed by atoms with E-state index in [2.05, 4.69) is 5.32 Å². The van der Waals surface area contributed by atoms with Crippen molar-refractivity contribution in [3.05, 3.63) is 0 Å². The summed E-state index contributed by atoms with van der Waals surface area (Å²) in [4.78, 5) is 24.1. The molecule has 0 spiro atoms. The standard InChI is InChI=1S/C17H27NO8/c1-7(2)8(14(20)21)18-13(19)11-9-10(24-16(3,4)23-9)12-15(22-11)26-17(5,6)25-12/h7-12,15H,1-6H3,(H,18,19)(H,20,21)/p-1/t8-,9-,10-,11+,12+,15-/m0/s1. The SMILES string of the molecule is CC(C)[C@H](NC(=O)[C@@H]1O[C@H]2OC(C)(C)O[C@@H]2[C@H]2OC(C)(C)O[C@@H]21)C(=O)[O-]. The van der Waals surface area contributed by atoms with Crippen LogP contribution in [0.15, 0.2) is 0 Å². The molecule has 0 aromatic rings. The Morgan fingerprint density at radius 2 is 1.46 bits per heavy atom. The van der Waals surface area contributed by atoms with E-state index < -0.39 is 60.2 Å². The first-order valence-corrected chi connectivity index (χ1v) is 8.78. The maximum absolute atomic E-state index is 12.8. The molecule has 0 aromatic carbocycles. The van der Waals surface area contributed by atoms with Crippen LogP contribution in [0.3, 0.4) is 0 Å². The smallest absolute Gasteiger partial charge is 0.252 e. The Balaban J connectivity index is 1.82. The third kappa shape index (κ3) is 3.59. The molecular weight excluding hydrogens is 346 g/mol. The molecule has 3 aliphatic rings. The van der Waals surface area contributed by atoms with Crippen molar-refractivity contribution in [3.8, 4) is 0 Å². The fourth-order valence-corrected chi connectivity index (χ4v) is 3.56. The second-order valence-electron chi connectivity index (χ2n) is 8.14. The van der Waals surface area contributed by atoms with Crippen LogP contribution in [0.1, 0.15) is 41.5 Å². The molecule has 3 rings (SSSR count). The summed E-state index contributed by atoms with van der Waals surface area (Å²) < 4.78 is 29.2. The van der Waals surface area contributed by atoms with Crippen LogP contribution in [0.5, 0.6) is 0 Å². The number of hydrogen-bond donors (Lipinski definition) is 1. The third-order valence-electron chi connectivity index (χ3n) is 4.63. The molecule has 148 valence electrons. The highest BCUT2D eigenvalue weighted by Crippen LogP contribution is 2.44. The van der Waals surface area contributed by atoms with Crippen molar-refractivity contribution in [1.82, 2.24) is 5.32 Å². The fourth-order valence-electron chi connectivity index (χ4n) is 3.56. The van der Waals surface area contributed by atoms with E-state index in [0.717, 1.165) is 0 Å². The van der Waals surface area contributed by atoms with Gasteiger partial charge in [0.15, 0.2) is 24.0 Å². The van der Waals surface area contributed by atoms with E-state index in [4.69, 9.17) is 23.7 Å². The monoisotopic (exact) mass is 372 g/mol. The summed E-state index contributed by atoms with van der Waals surface area (Å²) in [5, 5.41) is 13.8. The second kappa shape index (κ2) is 6.42. The number of amides is 1. The molecule has 0 unspecified atom stereocenters. The van der Waals surface area contributed by atoms with Gasteiger partial charge in [0, 0.05) is 0 Å². The molecule has 3 aliphatic heterocycles. The van der Waals surface area contributed by atoms with Crippen LogP contribution in [-0.2, 0) is 33.3 Å². The summed E-state index contributed by atoms with van der Waals surface area (Å²) in [5.74, 6) is -4.15. The molecule has 3 saturated heterocycles. The number of carboxylic acids is 1. The van der Waals surface area contributed by atoms with Crippen molar-refractivity contribution in [1.29, 1.82) is 0 Å². The molecule has 3 fully saturated rings. The Morgan fingerprint density at radius 1 is 0.923 bits per heavy atom. The van der Waals surface area contributed by atoms with Gasteiger partial charge in [-0.3, -0.25) is 4.79 Å². The molecule has 6 atom stereocenters. The number of carbonyl (C=O) groups is 2. The quantitative estimate of drug-likeness (QED) is 0.687. The molecule has 0 bridgehead atoms. The van der Waals surface area contributed by atoms with Gasteiger partial charge in [-0.05, 0) is 33.6 Å². The molecular formula is C17H26NO8-. The predicted molar refractivity (Wildman–Crippen MR) is 84.3 cm³/mol. The number of nitrogens with one attached hydrogen (secondary N) is 1. The minimum Gasteiger partial charge on any atom is -0.548 e. The van der Waals surface area contributed by atoms with Crippen molar-refractivity contribution < 1.29 is 38.4 Å². The van der Waals surface area contributed by atoms with Crippen LogP contribution >= 0.6 is 0 Å². The summed E-state index contributed by atoms with van der Waals surface area (Å²) in [6.45, 7) is 10.3. The van der Waals surface area contributed by atoms with E-state index in [1.165, 1.54) is 0 Å². The third-order valence-corrected chi connectivity index (χ3v) is 4.63. The Kier molecular flexibility index (Phi) is 4.81. The van der Waals surface area contributed by atoms with Crippen LogP contribution in [0.2, 0.25) is 0 Å². The van der Waals surface area contributed by atoms with Gasteiger partial charge in [0.1, 0.15) is 18.3 Å². The van der Waals surface area contributed by atoms with E-state index in [0.29, 0.717) is 0 Å². The molecule has 9 heteroatoms. The molecule has 0 saturated carbocycles. The first-order valence-electron chi connectivity index (χ1n) is 8.78. The maximum Gasteiger partial charge on any atom is 0.252 e. The van der Waals surface area contributed by atoms with E-state index >= 15 is 0 Å². The highest BCUT2D eigenvalue weighted by atomic mass is 16.9.